The fourth-order valence-corrected chi connectivity index (χ4v) is 2.48. The Morgan fingerprint density at radius 3 is 2.68 bits per heavy atom. The maximum absolute atomic E-state index is 13.4. The van der Waals surface area contributed by atoms with E-state index >= 15 is 0 Å². The minimum atomic E-state index is -4.02. The molecule has 9 heteroatoms. The van der Waals surface area contributed by atoms with E-state index in [1.165, 1.54) is 7.11 Å². The second kappa shape index (κ2) is 6.29. The van der Waals surface area contributed by atoms with Gasteiger partial charge in [0.1, 0.15) is 5.82 Å². The Morgan fingerprint density at radius 1 is 1.53 bits per heavy atom. The van der Waals surface area contributed by atoms with E-state index in [2.05, 4.69) is 9.46 Å². The molecule has 106 valence electrons. The van der Waals surface area contributed by atoms with E-state index in [0.717, 1.165) is 6.07 Å². The largest absolute Gasteiger partial charge is 0.478 e. The molecule has 2 N–H and O–H groups in total. The van der Waals surface area contributed by atoms with Crippen LogP contribution in [-0.4, -0.2) is 39.8 Å². The second-order valence-corrected chi connectivity index (χ2v) is 5.61. The van der Waals surface area contributed by atoms with Crippen LogP contribution in [-0.2, 0) is 14.8 Å². The topological polar surface area (TPSA) is 92.7 Å². The van der Waals surface area contributed by atoms with Crippen LogP contribution in [0, 0.1) is 5.82 Å². The number of hydrogen-bond acceptors (Lipinski definition) is 4. The van der Waals surface area contributed by atoms with Gasteiger partial charge in [-0.15, -0.1) is 0 Å². The standard InChI is InChI=1S/C10H11ClFNO5S/c1-18-3-2-13-19(16,17)6-4-7(10(14)15)9(11)8(12)5-6/h4-5,13H,2-3H2,1H3,(H,14,15). The predicted molar refractivity (Wildman–Crippen MR) is 65.4 cm³/mol. The highest BCUT2D eigenvalue weighted by molar-refractivity contribution is 7.89. The molecule has 0 radical (unpaired) electrons. The molecule has 0 amide bonds. The monoisotopic (exact) mass is 311 g/mol. The molecule has 1 rings (SSSR count). The van der Waals surface area contributed by atoms with E-state index in [1.807, 2.05) is 0 Å². The molecule has 0 saturated carbocycles. The van der Waals surface area contributed by atoms with Crippen LogP contribution in [0.4, 0.5) is 4.39 Å². The van der Waals surface area contributed by atoms with Crippen molar-refractivity contribution in [2.45, 2.75) is 4.90 Å². The summed E-state index contributed by atoms with van der Waals surface area (Å²) in [5, 5.41) is 8.17. The number of methoxy groups -OCH3 is 1. The van der Waals surface area contributed by atoms with Crippen molar-refractivity contribution in [3.05, 3.63) is 28.5 Å². The average molecular weight is 312 g/mol. The highest BCUT2D eigenvalue weighted by atomic mass is 35.5. The number of benzene rings is 1. The molecule has 1 aromatic rings. The van der Waals surface area contributed by atoms with Gasteiger partial charge in [-0.1, -0.05) is 11.6 Å². The van der Waals surface area contributed by atoms with Crippen LogP contribution >= 0.6 is 11.6 Å². The van der Waals surface area contributed by atoms with E-state index in [1.54, 1.807) is 0 Å². The van der Waals surface area contributed by atoms with Crippen LogP contribution in [0.3, 0.4) is 0 Å². The fraction of sp³-hybridized carbons (Fsp3) is 0.300. The molecule has 0 fully saturated rings. The smallest absolute Gasteiger partial charge is 0.337 e. The number of carboxylic acid groups (broad SMARTS) is 1. The van der Waals surface area contributed by atoms with Gasteiger partial charge in [0.15, 0.2) is 0 Å². The highest BCUT2D eigenvalue weighted by Crippen LogP contribution is 2.24. The molecule has 0 saturated heterocycles. The van der Waals surface area contributed by atoms with Gasteiger partial charge in [0.05, 0.1) is 22.1 Å². The SMILES string of the molecule is COCCNS(=O)(=O)c1cc(F)c(Cl)c(C(=O)O)c1. The lowest BCUT2D eigenvalue weighted by Crippen LogP contribution is -2.27. The van der Waals surface area contributed by atoms with E-state index in [4.69, 9.17) is 16.7 Å². The zero-order valence-corrected chi connectivity index (χ0v) is 11.4. The molecule has 0 bridgehead atoms. The molecular formula is C10H11ClFNO5S. The minimum absolute atomic E-state index is 0.0223. The van der Waals surface area contributed by atoms with Gasteiger partial charge in [0.25, 0.3) is 0 Å². The first-order valence-electron chi connectivity index (χ1n) is 5.00. The van der Waals surface area contributed by atoms with Gasteiger partial charge in [0, 0.05) is 13.7 Å². The molecule has 19 heavy (non-hydrogen) atoms. The van der Waals surface area contributed by atoms with Gasteiger partial charge in [0.2, 0.25) is 10.0 Å². The summed E-state index contributed by atoms with van der Waals surface area (Å²) in [6, 6.07) is 1.45. The number of carbonyl (C=O) groups is 1. The number of aromatic carboxylic acids is 1. The number of hydrogen-bond donors (Lipinski definition) is 2. The van der Waals surface area contributed by atoms with Crippen molar-refractivity contribution in [2.24, 2.45) is 0 Å². The first-order chi connectivity index (χ1) is 8.79. The lowest BCUT2D eigenvalue weighted by molar-refractivity contribution is 0.0696. The summed E-state index contributed by atoms with van der Waals surface area (Å²) in [6.07, 6.45) is 0. The van der Waals surface area contributed by atoms with Crippen LogP contribution < -0.4 is 4.72 Å². The first kappa shape index (κ1) is 15.8. The van der Waals surface area contributed by atoms with Crippen LogP contribution in [0.15, 0.2) is 17.0 Å². The lowest BCUT2D eigenvalue weighted by atomic mass is 10.2. The molecule has 0 heterocycles. The summed E-state index contributed by atoms with van der Waals surface area (Å²) < 4.78 is 43.8. The summed E-state index contributed by atoms with van der Waals surface area (Å²) in [5.74, 6) is -2.63. The number of rotatable bonds is 6. The number of nitrogens with one attached hydrogen (secondary N) is 1. The predicted octanol–water partition coefficient (Wildman–Crippen LogP) is 1.10. The number of ether oxygens (including phenoxy) is 1. The Bertz CT molecular complexity index is 590. The Hall–Kier alpha value is -1.22. The summed E-state index contributed by atoms with van der Waals surface area (Å²) in [6.45, 7) is 0.104. The highest BCUT2D eigenvalue weighted by Gasteiger charge is 2.21. The lowest BCUT2D eigenvalue weighted by Gasteiger charge is -2.08. The maximum atomic E-state index is 13.4. The molecule has 0 aromatic heterocycles. The summed E-state index contributed by atoms with van der Waals surface area (Å²) >= 11 is 5.45. The number of sulfonamides is 1. The van der Waals surface area contributed by atoms with E-state index in [-0.39, 0.29) is 13.2 Å². The summed E-state index contributed by atoms with van der Waals surface area (Å²) in [4.78, 5) is 10.3. The van der Waals surface area contributed by atoms with Gasteiger partial charge in [-0.05, 0) is 12.1 Å². The number of carboxylic acids is 1. The normalized spacial score (nSPS) is 11.5. The Kier molecular flexibility index (Phi) is 5.24. The van der Waals surface area contributed by atoms with Gasteiger partial charge in [-0.3, -0.25) is 0 Å². The molecule has 1 aromatic carbocycles. The van der Waals surface area contributed by atoms with Crippen molar-refractivity contribution < 1.29 is 27.4 Å². The third-order valence-electron chi connectivity index (χ3n) is 2.14. The van der Waals surface area contributed by atoms with Crippen molar-refractivity contribution >= 4 is 27.6 Å². The van der Waals surface area contributed by atoms with Crippen molar-refractivity contribution in [2.75, 3.05) is 20.3 Å². The van der Waals surface area contributed by atoms with Crippen molar-refractivity contribution in [1.29, 1.82) is 0 Å². The average Bonchev–Trinajstić information content (AvgIpc) is 2.32. The first-order valence-corrected chi connectivity index (χ1v) is 6.86. The van der Waals surface area contributed by atoms with Crippen LogP contribution in [0.5, 0.6) is 0 Å². The van der Waals surface area contributed by atoms with Gasteiger partial charge in [-0.2, -0.15) is 0 Å². The molecule has 0 aliphatic carbocycles. The van der Waals surface area contributed by atoms with Gasteiger partial charge < -0.3 is 9.84 Å². The molecule has 0 aliphatic rings. The second-order valence-electron chi connectivity index (χ2n) is 3.46. The van der Waals surface area contributed by atoms with Crippen LogP contribution in [0.2, 0.25) is 5.02 Å². The summed E-state index contributed by atoms with van der Waals surface area (Å²) in [7, 11) is -2.63. The molecular weight excluding hydrogens is 301 g/mol. The molecule has 0 atom stereocenters. The van der Waals surface area contributed by atoms with E-state index < -0.39 is 37.3 Å². The minimum Gasteiger partial charge on any atom is -0.478 e. The van der Waals surface area contributed by atoms with Gasteiger partial charge in [-0.25, -0.2) is 22.3 Å². The fourth-order valence-electron chi connectivity index (χ4n) is 1.24. The Morgan fingerprint density at radius 2 is 2.16 bits per heavy atom. The van der Waals surface area contributed by atoms with Crippen molar-refractivity contribution in [1.82, 2.24) is 4.72 Å². The zero-order chi connectivity index (χ0) is 14.6. The third kappa shape index (κ3) is 3.87. The maximum Gasteiger partial charge on any atom is 0.337 e. The van der Waals surface area contributed by atoms with Crippen molar-refractivity contribution in [3.8, 4) is 0 Å². The van der Waals surface area contributed by atoms with E-state index in [9.17, 15) is 17.6 Å². The zero-order valence-electron chi connectivity index (χ0n) is 9.81. The van der Waals surface area contributed by atoms with Crippen LogP contribution in [0.25, 0.3) is 0 Å². The Balaban J connectivity index is 3.17. The molecule has 0 spiro atoms. The number of halogens is 2. The Labute approximate surface area is 114 Å². The molecule has 0 aliphatic heterocycles. The van der Waals surface area contributed by atoms with Gasteiger partial charge >= 0.3 is 5.97 Å². The molecule has 0 unspecified atom stereocenters. The summed E-state index contributed by atoms with van der Waals surface area (Å²) in [5.41, 5.74) is -0.617. The van der Waals surface area contributed by atoms with Crippen LogP contribution in [0.1, 0.15) is 10.4 Å². The quantitative estimate of drug-likeness (QED) is 0.768. The van der Waals surface area contributed by atoms with Crippen molar-refractivity contribution in [3.63, 3.8) is 0 Å². The molecule has 6 nitrogen and oxygen atoms in total. The van der Waals surface area contributed by atoms with E-state index in [0.29, 0.717) is 6.07 Å². The third-order valence-corrected chi connectivity index (χ3v) is 3.97.